The lowest BCUT2D eigenvalue weighted by atomic mass is 9.81. The number of H-pyrrole nitrogens is 1. The Morgan fingerprint density at radius 3 is 2.63 bits per heavy atom. The van der Waals surface area contributed by atoms with Gasteiger partial charge in [-0.15, -0.1) is 11.3 Å². The Balaban J connectivity index is 1.17. The van der Waals surface area contributed by atoms with Gasteiger partial charge in [0.25, 0.3) is 5.91 Å². The highest BCUT2D eigenvalue weighted by Gasteiger charge is 2.28. The van der Waals surface area contributed by atoms with Gasteiger partial charge in [-0.3, -0.25) is 9.69 Å². The van der Waals surface area contributed by atoms with E-state index >= 15 is 0 Å². The summed E-state index contributed by atoms with van der Waals surface area (Å²) in [6.07, 6.45) is 8.92. The van der Waals surface area contributed by atoms with Crippen molar-refractivity contribution in [1.29, 1.82) is 0 Å². The highest BCUT2D eigenvalue weighted by molar-refractivity contribution is 7.12. The Morgan fingerprint density at radius 1 is 1.09 bits per heavy atom. The van der Waals surface area contributed by atoms with E-state index in [1.165, 1.54) is 42.6 Å². The molecule has 3 aromatic rings. The van der Waals surface area contributed by atoms with Gasteiger partial charge in [0, 0.05) is 74.0 Å². The molecule has 3 aromatic heterocycles. The Kier molecular flexibility index (Phi) is 6.58. The second kappa shape index (κ2) is 9.97. The molecule has 3 fully saturated rings. The van der Waals surface area contributed by atoms with Gasteiger partial charge in [0.1, 0.15) is 5.65 Å². The zero-order valence-corrected chi connectivity index (χ0v) is 21.2. The molecule has 0 aromatic carbocycles. The lowest BCUT2D eigenvalue weighted by Gasteiger charge is -2.38. The van der Waals surface area contributed by atoms with E-state index in [1.807, 2.05) is 22.7 Å². The maximum atomic E-state index is 13.0. The molecule has 35 heavy (non-hydrogen) atoms. The van der Waals surface area contributed by atoms with E-state index in [9.17, 15) is 4.79 Å². The number of aromatic amines is 1. The fourth-order valence-electron chi connectivity index (χ4n) is 5.81. The molecule has 2 saturated heterocycles. The molecular formula is C26H34N6O2S. The average Bonchev–Trinajstić information content (AvgIpc) is 3.56. The quantitative estimate of drug-likeness (QED) is 0.599. The molecule has 1 N–H and O–H groups in total. The third-order valence-electron chi connectivity index (χ3n) is 8.04. The fourth-order valence-corrected chi connectivity index (χ4v) is 6.60. The number of hydrogen-bond donors (Lipinski definition) is 1. The Hall–Kier alpha value is -2.33. The van der Waals surface area contributed by atoms with E-state index in [0.29, 0.717) is 17.0 Å². The van der Waals surface area contributed by atoms with Crippen molar-refractivity contribution in [3.05, 3.63) is 34.4 Å². The monoisotopic (exact) mass is 494 g/mol. The minimum Gasteiger partial charge on any atom is -0.379 e. The number of aromatic nitrogens is 3. The topological polar surface area (TPSA) is 77.6 Å². The number of likely N-dealkylation sites (N-methyl/N-ethyl adjacent to an activating group) is 1. The first-order valence-electron chi connectivity index (χ1n) is 12.9. The van der Waals surface area contributed by atoms with Crippen molar-refractivity contribution in [2.24, 2.45) is 0 Å². The summed E-state index contributed by atoms with van der Waals surface area (Å²) < 4.78 is 5.53. The predicted octanol–water partition coefficient (Wildman–Crippen LogP) is 3.43. The molecule has 5 heterocycles. The summed E-state index contributed by atoms with van der Waals surface area (Å²) in [6, 6.07) is 3.00. The van der Waals surface area contributed by atoms with E-state index in [2.05, 4.69) is 27.9 Å². The molecule has 186 valence electrons. The van der Waals surface area contributed by atoms with Crippen LogP contribution < -0.4 is 0 Å². The largest absolute Gasteiger partial charge is 0.379 e. The Morgan fingerprint density at radius 2 is 1.86 bits per heavy atom. The Labute approximate surface area is 210 Å². The number of ether oxygens (including phenoxy) is 1. The van der Waals surface area contributed by atoms with Crippen LogP contribution in [0.2, 0.25) is 0 Å². The van der Waals surface area contributed by atoms with Crippen molar-refractivity contribution in [1.82, 2.24) is 29.7 Å². The van der Waals surface area contributed by atoms with Gasteiger partial charge in [0.2, 0.25) is 0 Å². The van der Waals surface area contributed by atoms with Crippen molar-refractivity contribution in [2.45, 2.75) is 37.6 Å². The van der Waals surface area contributed by atoms with Crippen LogP contribution in [0, 0.1) is 0 Å². The van der Waals surface area contributed by atoms with E-state index in [4.69, 9.17) is 14.7 Å². The van der Waals surface area contributed by atoms with Crippen molar-refractivity contribution in [3.8, 4) is 11.3 Å². The highest BCUT2D eigenvalue weighted by Crippen LogP contribution is 2.37. The van der Waals surface area contributed by atoms with E-state index in [-0.39, 0.29) is 5.91 Å². The van der Waals surface area contributed by atoms with Gasteiger partial charge in [0.05, 0.1) is 18.9 Å². The van der Waals surface area contributed by atoms with Crippen molar-refractivity contribution >= 4 is 28.3 Å². The standard InChI is InChI=1S/C26H34N6O2S/c1-30-6-8-32(9-7-30)26(33)25-29-23(17-35-25)22-16-28-24-21(22)14-19(15-27-24)18-2-4-20(5-3-18)31-10-12-34-13-11-31/h14-18,20H,2-13H2,1H3,(H,27,28)/t18-,20-. The van der Waals surface area contributed by atoms with Gasteiger partial charge in [-0.1, -0.05) is 0 Å². The first-order valence-corrected chi connectivity index (χ1v) is 13.8. The number of nitrogens with zero attached hydrogens (tertiary/aromatic N) is 5. The summed E-state index contributed by atoms with van der Waals surface area (Å²) in [6.45, 7) is 7.23. The highest BCUT2D eigenvalue weighted by atomic mass is 32.1. The summed E-state index contributed by atoms with van der Waals surface area (Å²) in [7, 11) is 2.10. The molecular weight excluding hydrogens is 460 g/mol. The van der Waals surface area contributed by atoms with Gasteiger partial charge >= 0.3 is 0 Å². The number of morpholine rings is 1. The van der Waals surface area contributed by atoms with Crippen LogP contribution in [0.1, 0.15) is 47.0 Å². The molecule has 1 aliphatic carbocycles. The van der Waals surface area contributed by atoms with Crippen LogP contribution >= 0.6 is 11.3 Å². The lowest BCUT2D eigenvalue weighted by Crippen LogP contribution is -2.47. The second-order valence-corrected chi connectivity index (χ2v) is 11.0. The third kappa shape index (κ3) is 4.74. The number of piperazine rings is 1. The molecule has 2 aliphatic heterocycles. The number of amides is 1. The van der Waals surface area contributed by atoms with Crippen LogP contribution in [-0.4, -0.2) is 101 Å². The number of nitrogens with one attached hydrogen (secondary N) is 1. The normalized spacial score (nSPS) is 24.8. The number of hydrogen-bond acceptors (Lipinski definition) is 7. The van der Waals surface area contributed by atoms with Crippen LogP contribution in [0.15, 0.2) is 23.8 Å². The summed E-state index contributed by atoms with van der Waals surface area (Å²) in [5, 5.41) is 3.68. The summed E-state index contributed by atoms with van der Waals surface area (Å²) in [5.74, 6) is 0.599. The molecule has 3 aliphatic rings. The number of fused-ring (bicyclic) bond motifs is 1. The number of pyridine rings is 1. The first-order chi connectivity index (χ1) is 17.2. The molecule has 1 amide bonds. The van der Waals surface area contributed by atoms with E-state index < -0.39 is 0 Å². The molecule has 1 saturated carbocycles. The molecule has 0 bridgehead atoms. The van der Waals surface area contributed by atoms with E-state index in [1.54, 1.807) is 0 Å². The number of rotatable bonds is 4. The molecule has 0 spiro atoms. The van der Waals surface area contributed by atoms with Crippen LogP contribution in [0.3, 0.4) is 0 Å². The lowest BCUT2D eigenvalue weighted by molar-refractivity contribution is 0.00729. The predicted molar refractivity (Wildman–Crippen MR) is 138 cm³/mol. The van der Waals surface area contributed by atoms with Gasteiger partial charge in [-0.25, -0.2) is 9.97 Å². The SMILES string of the molecule is CN1CCN(C(=O)c2nc(-c3c[nH]c4ncc([C@H]5CC[C@H](N6CCOCC6)CC5)cc34)cs2)CC1. The van der Waals surface area contributed by atoms with Gasteiger partial charge in [0.15, 0.2) is 5.01 Å². The number of carbonyl (C=O) groups excluding carboxylic acids is 1. The summed E-state index contributed by atoms with van der Waals surface area (Å²) in [5.41, 5.74) is 4.09. The molecule has 0 atom stereocenters. The minimum absolute atomic E-state index is 0.0463. The van der Waals surface area contributed by atoms with Gasteiger partial charge < -0.3 is 19.5 Å². The molecule has 0 radical (unpaired) electrons. The average molecular weight is 495 g/mol. The van der Waals surface area contributed by atoms with Crippen LogP contribution in [0.5, 0.6) is 0 Å². The second-order valence-electron chi connectivity index (χ2n) is 10.2. The molecule has 9 heteroatoms. The zero-order valence-electron chi connectivity index (χ0n) is 20.4. The van der Waals surface area contributed by atoms with Crippen molar-refractivity contribution in [2.75, 3.05) is 59.5 Å². The van der Waals surface area contributed by atoms with Crippen LogP contribution in [-0.2, 0) is 4.74 Å². The van der Waals surface area contributed by atoms with Gasteiger partial charge in [-0.2, -0.15) is 0 Å². The Bertz CT molecular complexity index is 1170. The zero-order chi connectivity index (χ0) is 23.8. The minimum atomic E-state index is 0.0463. The molecule has 6 rings (SSSR count). The number of thiazole rings is 1. The van der Waals surface area contributed by atoms with E-state index in [0.717, 1.165) is 74.8 Å². The van der Waals surface area contributed by atoms with Crippen molar-refractivity contribution in [3.63, 3.8) is 0 Å². The summed E-state index contributed by atoms with van der Waals surface area (Å²) in [4.78, 5) is 32.6. The molecule has 8 nitrogen and oxygen atoms in total. The third-order valence-corrected chi connectivity index (χ3v) is 8.87. The first kappa shape index (κ1) is 23.1. The number of carbonyl (C=O) groups is 1. The molecule has 0 unspecified atom stereocenters. The maximum absolute atomic E-state index is 13.0. The fraction of sp³-hybridized carbons (Fsp3) is 0.577. The summed E-state index contributed by atoms with van der Waals surface area (Å²) >= 11 is 1.44. The van der Waals surface area contributed by atoms with Crippen molar-refractivity contribution < 1.29 is 9.53 Å². The van der Waals surface area contributed by atoms with Crippen LogP contribution in [0.4, 0.5) is 0 Å². The van der Waals surface area contributed by atoms with Crippen LogP contribution in [0.25, 0.3) is 22.3 Å². The smallest absolute Gasteiger partial charge is 0.282 e. The van der Waals surface area contributed by atoms with Gasteiger partial charge in [-0.05, 0) is 50.3 Å². The maximum Gasteiger partial charge on any atom is 0.282 e.